The molecule has 3 aromatic rings. The molecule has 2 nitrogen and oxygen atoms in total. The van der Waals surface area contributed by atoms with Crippen LogP contribution in [0.3, 0.4) is 0 Å². The van der Waals surface area contributed by atoms with Gasteiger partial charge in [-0.15, -0.1) is 0 Å². The average Bonchev–Trinajstić information content (AvgIpc) is 2.45. The van der Waals surface area contributed by atoms with Crippen molar-refractivity contribution in [2.24, 2.45) is 0 Å². The summed E-state index contributed by atoms with van der Waals surface area (Å²) in [5, 5.41) is 11.6. The van der Waals surface area contributed by atoms with E-state index in [1.54, 1.807) is 6.20 Å². The third-order valence-corrected chi connectivity index (χ3v) is 4.06. The fourth-order valence-corrected chi connectivity index (χ4v) is 3.51. The van der Waals surface area contributed by atoms with Gasteiger partial charge in [-0.1, -0.05) is 50.1 Å². The molecule has 0 aliphatic carbocycles. The lowest BCUT2D eigenvalue weighted by molar-refractivity contribution is 0.220. The number of pyridine rings is 1. The lowest BCUT2D eigenvalue weighted by Crippen LogP contribution is -2.00. The predicted molar refractivity (Wildman–Crippen MR) is 87.6 cm³/mol. The van der Waals surface area contributed by atoms with Gasteiger partial charge in [0.15, 0.2) is 0 Å². The van der Waals surface area contributed by atoms with Gasteiger partial charge in [0, 0.05) is 20.5 Å². The number of rotatable bonds is 2. The molecule has 100 valence electrons. The van der Waals surface area contributed by atoms with Gasteiger partial charge in [0.05, 0.1) is 5.52 Å². The van der Waals surface area contributed by atoms with Crippen LogP contribution in [0, 0.1) is 0 Å². The summed E-state index contributed by atoms with van der Waals surface area (Å²) in [6.45, 7) is 0. The molecule has 0 radical (unpaired) electrons. The van der Waals surface area contributed by atoms with Crippen LogP contribution in [-0.4, -0.2) is 10.1 Å². The zero-order valence-corrected chi connectivity index (χ0v) is 13.6. The van der Waals surface area contributed by atoms with E-state index in [1.807, 2.05) is 48.5 Å². The van der Waals surface area contributed by atoms with Crippen molar-refractivity contribution < 1.29 is 5.11 Å². The van der Waals surface area contributed by atoms with Gasteiger partial charge in [-0.25, -0.2) is 0 Å². The van der Waals surface area contributed by atoms with E-state index in [2.05, 4.69) is 36.8 Å². The van der Waals surface area contributed by atoms with Gasteiger partial charge < -0.3 is 5.11 Å². The normalized spacial score (nSPS) is 12.6. The predicted octanol–water partition coefficient (Wildman–Crippen LogP) is 4.84. The third-order valence-electron chi connectivity index (χ3n) is 3.15. The molecule has 1 N–H and O–H groups in total. The van der Waals surface area contributed by atoms with E-state index in [1.165, 1.54) is 0 Å². The fraction of sp³-hybridized carbons (Fsp3) is 0.0625. The maximum absolute atomic E-state index is 10.5. The second-order valence-corrected chi connectivity index (χ2v) is 6.39. The number of benzene rings is 2. The molecular formula is C16H11Br2NO. The Kier molecular flexibility index (Phi) is 3.87. The maximum Gasteiger partial charge on any atom is 0.104 e. The summed E-state index contributed by atoms with van der Waals surface area (Å²) >= 11 is 6.88. The van der Waals surface area contributed by atoms with E-state index in [0.29, 0.717) is 0 Å². The number of hydrogen-bond acceptors (Lipinski definition) is 2. The molecule has 0 aliphatic rings. The van der Waals surface area contributed by atoms with Crippen LogP contribution >= 0.6 is 31.9 Å². The summed E-state index contributed by atoms with van der Waals surface area (Å²) in [6, 6.07) is 15.5. The Morgan fingerprint density at radius 3 is 2.40 bits per heavy atom. The van der Waals surface area contributed by atoms with Gasteiger partial charge in [0.2, 0.25) is 0 Å². The van der Waals surface area contributed by atoms with Crippen molar-refractivity contribution in [2.75, 3.05) is 0 Å². The van der Waals surface area contributed by atoms with Gasteiger partial charge in [-0.05, 0) is 41.5 Å². The van der Waals surface area contributed by atoms with E-state index in [4.69, 9.17) is 0 Å². The number of fused-ring (bicyclic) bond motifs is 1. The van der Waals surface area contributed by atoms with Crippen LogP contribution in [0.15, 0.2) is 63.7 Å². The first-order valence-electron chi connectivity index (χ1n) is 6.12. The standard InChI is InChI=1S/C16H11Br2NO/c17-13-6-12(7-14(18)9-13)16(20)11-4-3-10-2-1-5-19-15(10)8-11/h1-9,16,20H. The molecular weight excluding hydrogens is 382 g/mol. The number of halogens is 2. The van der Waals surface area contributed by atoms with Gasteiger partial charge in [-0.3, -0.25) is 4.98 Å². The molecule has 20 heavy (non-hydrogen) atoms. The minimum absolute atomic E-state index is 0.671. The molecule has 3 rings (SSSR count). The van der Waals surface area contributed by atoms with E-state index in [0.717, 1.165) is 31.0 Å². The number of aliphatic hydroxyl groups is 1. The molecule has 0 amide bonds. The number of hydrogen-bond donors (Lipinski definition) is 1. The van der Waals surface area contributed by atoms with Crippen molar-refractivity contribution in [1.29, 1.82) is 0 Å². The lowest BCUT2D eigenvalue weighted by atomic mass is 10.0. The molecule has 4 heteroatoms. The monoisotopic (exact) mass is 391 g/mol. The van der Waals surface area contributed by atoms with Crippen LogP contribution < -0.4 is 0 Å². The number of aliphatic hydroxyl groups excluding tert-OH is 1. The van der Waals surface area contributed by atoms with Crippen molar-refractivity contribution in [3.05, 3.63) is 74.8 Å². The van der Waals surface area contributed by atoms with Gasteiger partial charge in [0.25, 0.3) is 0 Å². The van der Waals surface area contributed by atoms with E-state index in [-0.39, 0.29) is 0 Å². The SMILES string of the molecule is OC(c1cc(Br)cc(Br)c1)c1ccc2cccnc2c1. The van der Waals surface area contributed by atoms with Crippen LogP contribution in [0.1, 0.15) is 17.2 Å². The first-order chi connectivity index (χ1) is 9.63. The molecule has 0 bridgehead atoms. The van der Waals surface area contributed by atoms with Gasteiger partial charge in [0.1, 0.15) is 6.10 Å². The molecule has 0 spiro atoms. The van der Waals surface area contributed by atoms with Crippen molar-refractivity contribution in [3.63, 3.8) is 0 Å². The van der Waals surface area contributed by atoms with Crippen molar-refractivity contribution >= 4 is 42.8 Å². The topological polar surface area (TPSA) is 33.1 Å². The Hall–Kier alpha value is -1.23. The van der Waals surface area contributed by atoms with Crippen molar-refractivity contribution in [2.45, 2.75) is 6.10 Å². The summed E-state index contributed by atoms with van der Waals surface area (Å²) in [4.78, 5) is 4.32. The molecule has 0 aliphatic heterocycles. The minimum Gasteiger partial charge on any atom is -0.384 e. The molecule has 1 unspecified atom stereocenters. The summed E-state index contributed by atoms with van der Waals surface area (Å²) in [5.41, 5.74) is 2.56. The molecule has 0 saturated carbocycles. The molecule has 1 atom stereocenters. The number of nitrogens with zero attached hydrogens (tertiary/aromatic N) is 1. The highest BCUT2D eigenvalue weighted by Crippen LogP contribution is 2.29. The Bertz CT molecular complexity index is 753. The minimum atomic E-state index is -0.671. The highest BCUT2D eigenvalue weighted by atomic mass is 79.9. The fourth-order valence-electron chi connectivity index (χ4n) is 2.18. The van der Waals surface area contributed by atoms with Crippen molar-refractivity contribution in [1.82, 2.24) is 4.98 Å². The quantitative estimate of drug-likeness (QED) is 0.676. The summed E-state index contributed by atoms with van der Waals surface area (Å²) in [5.74, 6) is 0. The van der Waals surface area contributed by atoms with E-state index >= 15 is 0 Å². The van der Waals surface area contributed by atoms with Crippen LogP contribution in [0.2, 0.25) is 0 Å². The molecule has 0 saturated heterocycles. The second kappa shape index (κ2) is 5.64. The smallest absolute Gasteiger partial charge is 0.104 e. The summed E-state index contributed by atoms with van der Waals surface area (Å²) in [6.07, 6.45) is 1.09. The summed E-state index contributed by atoms with van der Waals surface area (Å²) in [7, 11) is 0. The first-order valence-corrected chi connectivity index (χ1v) is 7.71. The Morgan fingerprint density at radius 1 is 0.900 bits per heavy atom. The first kappa shape index (κ1) is 13.7. The summed E-state index contributed by atoms with van der Waals surface area (Å²) < 4.78 is 1.86. The van der Waals surface area contributed by atoms with E-state index in [9.17, 15) is 5.11 Å². The molecule has 1 aromatic heterocycles. The van der Waals surface area contributed by atoms with Gasteiger partial charge >= 0.3 is 0 Å². The van der Waals surface area contributed by atoms with Crippen LogP contribution in [-0.2, 0) is 0 Å². The van der Waals surface area contributed by atoms with Crippen LogP contribution in [0.5, 0.6) is 0 Å². The lowest BCUT2D eigenvalue weighted by Gasteiger charge is -2.13. The van der Waals surface area contributed by atoms with Crippen LogP contribution in [0.25, 0.3) is 10.9 Å². The third kappa shape index (κ3) is 2.77. The zero-order chi connectivity index (χ0) is 14.1. The zero-order valence-electron chi connectivity index (χ0n) is 10.4. The Balaban J connectivity index is 2.05. The highest BCUT2D eigenvalue weighted by molar-refractivity contribution is 9.11. The van der Waals surface area contributed by atoms with E-state index < -0.39 is 6.10 Å². The molecule has 2 aromatic carbocycles. The van der Waals surface area contributed by atoms with Gasteiger partial charge in [-0.2, -0.15) is 0 Å². The van der Waals surface area contributed by atoms with Crippen molar-refractivity contribution in [3.8, 4) is 0 Å². The maximum atomic E-state index is 10.5. The largest absolute Gasteiger partial charge is 0.384 e. The highest BCUT2D eigenvalue weighted by Gasteiger charge is 2.12. The molecule has 1 heterocycles. The Labute approximate surface area is 133 Å². The average molecular weight is 393 g/mol. The number of aromatic nitrogens is 1. The molecule has 0 fully saturated rings. The second-order valence-electron chi connectivity index (χ2n) is 4.56. The Morgan fingerprint density at radius 2 is 1.65 bits per heavy atom. The van der Waals surface area contributed by atoms with Crippen LogP contribution in [0.4, 0.5) is 0 Å².